The van der Waals surface area contributed by atoms with Gasteiger partial charge in [-0.15, -0.1) is 0 Å². The van der Waals surface area contributed by atoms with E-state index >= 15 is 0 Å². The van der Waals surface area contributed by atoms with Crippen molar-refractivity contribution in [3.63, 3.8) is 0 Å². The zero-order chi connectivity index (χ0) is 21.1. The van der Waals surface area contributed by atoms with Crippen LogP contribution in [0.1, 0.15) is 36.8 Å². The van der Waals surface area contributed by atoms with E-state index in [1.807, 2.05) is 55.5 Å². The van der Waals surface area contributed by atoms with E-state index < -0.39 is 17.8 Å². The minimum atomic E-state index is -0.455. The van der Waals surface area contributed by atoms with Gasteiger partial charge in [0.05, 0.1) is 18.1 Å². The van der Waals surface area contributed by atoms with E-state index in [0.717, 1.165) is 16.8 Å². The molecule has 2 atom stereocenters. The van der Waals surface area contributed by atoms with E-state index in [1.165, 1.54) is 0 Å². The molecule has 0 saturated heterocycles. The number of fused-ring (bicyclic) bond motifs is 1. The molecule has 1 heterocycles. The number of Topliss-reactive ketones (excluding diaryl/α,β-unsaturated/α-hetero) is 1. The van der Waals surface area contributed by atoms with Gasteiger partial charge in [-0.3, -0.25) is 4.79 Å². The Morgan fingerprint density at radius 1 is 1.10 bits per heavy atom. The van der Waals surface area contributed by atoms with Crippen molar-refractivity contribution in [2.24, 2.45) is 5.92 Å². The quantitative estimate of drug-likeness (QED) is 0.694. The van der Waals surface area contributed by atoms with Crippen molar-refractivity contribution in [2.75, 3.05) is 6.61 Å². The van der Waals surface area contributed by atoms with Gasteiger partial charge in [-0.1, -0.05) is 66.2 Å². The Labute approximate surface area is 181 Å². The molecule has 0 spiro atoms. The Morgan fingerprint density at radius 3 is 2.60 bits per heavy atom. The number of hydrogen-bond acceptors (Lipinski definition) is 4. The molecule has 2 aliphatic rings. The molecule has 0 radical (unpaired) electrons. The average Bonchev–Trinajstić information content (AvgIpc) is 2.74. The molecule has 4 rings (SSSR count). The summed E-state index contributed by atoms with van der Waals surface area (Å²) < 4.78 is 5.65. The number of carbonyl (C=O) groups is 2. The molecule has 5 heteroatoms. The molecule has 30 heavy (non-hydrogen) atoms. The molecule has 0 aromatic heterocycles. The van der Waals surface area contributed by atoms with Crippen molar-refractivity contribution >= 4 is 23.4 Å². The maximum absolute atomic E-state index is 13.2. The second-order valence-corrected chi connectivity index (χ2v) is 8.08. The first-order chi connectivity index (χ1) is 14.6. The van der Waals surface area contributed by atoms with Crippen LogP contribution in [0.4, 0.5) is 0 Å². The van der Waals surface area contributed by atoms with Gasteiger partial charge in [0.25, 0.3) is 0 Å². The number of ether oxygens (including phenoxy) is 1. The van der Waals surface area contributed by atoms with E-state index in [1.54, 1.807) is 6.07 Å². The number of halogens is 1. The van der Waals surface area contributed by atoms with Gasteiger partial charge in [0.15, 0.2) is 0 Å². The monoisotopic (exact) mass is 421 g/mol. The van der Waals surface area contributed by atoms with Gasteiger partial charge in [0.2, 0.25) is 0 Å². The second-order valence-electron chi connectivity index (χ2n) is 7.68. The highest BCUT2D eigenvalue weighted by atomic mass is 35.5. The Morgan fingerprint density at radius 2 is 1.83 bits per heavy atom. The normalized spacial score (nSPS) is 20.9. The molecule has 154 valence electrons. The van der Waals surface area contributed by atoms with E-state index in [4.69, 9.17) is 16.3 Å². The number of benzene rings is 2. The molecule has 1 N–H and O–H groups in total. The molecular formula is C25H24ClNO3. The van der Waals surface area contributed by atoms with Crippen LogP contribution in [0.15, 0.2) is 77.6 Å². The molecule has 4 nitrogen and oxygen atoms in total. The first kappa shape index (κ1) is 20.4. The van der Waals surface area contributed by atoms with Crippen LogP contribution in [-0.2, 0) is 20.7 Å². The van der Waals surface area contributed by atoms with Crippen LogP contribution in [0.25, 0.3) is 0 Å². The van der Waals surface area contributed by atoms with Gasteiger partial charge < -0.3 is 10.1 Å². The molecule has 0 bridgehead atoms. The average molecular weight is 422 g/mol. The van der Waals surface area contributed by atoms with Crippen LogP contribution < -0.4 is 5.32 Å². The maximum atomic E-state index is 13.2. The molecule has 2 aromatic carbocycles. The highest BCUT2D eigenvalue weighted by Gasteiger charge is 2.43. The van der Waals surface area contributed by atoms with Gasteiger partial charge in [-0.25, -0.2) is 4.79 Å². The molecule has 0 fully saturated rings. The van der Waals surface area contributed by atoms with Crippen LogP contribution in [0.2, 0.25) is 5.02 Å². The number of ketones is 1. The number of carbonyl (C=O) groups excluding carboxylic acids is 2. The van der Waals surface area contributed by atoms with E-state index in [0.29, 0.717) is 35.6 Å². The van der Waals surface area contributed by atoms with Crippen molar-refractivity contribution in [1.29, 1.82) is 0 Å². The fourth-order valence-electron chi connectivity index (χ4n) is 4.33. The van der Waals surface area contributed by atoms with Crippen LogP contribution in [0, 0.1) is 5.92 Å². The predicted octanol–water partition coefficient (Wildman–Crippen LogP) is 4.95. The molecule has 2 aromatic rings. The topological polar surface area (TPSA) is 55.4 Å². The van der Waals surface area contributed by atoms with Gasteiger partial charge >= 0.3 is 5.97 Å². The van der Waals surface area contributed by atoms with Crippen molar-refractivity contribution in [1.82, 2.24) is 5.32 Å². The van der Waals surface area contributed by atoms with E-state index in [2.05, 4.69) is 11.4 Å². The maximum Gasteiger partial charge on any atom is 0.336 e. The largest absolute Gasteiger partial charge is 0.462 e. The Kier molecular flexibility index (Phi) is 6.05. The van der Waals surface area contributed by atoms with Crippen LogP contribution >= 0.6 is 11.6 Å². The highest BCUT2D eigenvalue weighted by molar-refractivity contribution is 6.31. The molecule has 0 saturated carbocycles. The lowest BCUT2D eigenvalue weighted by atomic mass is 9.71. The highest BCUT2D eigenvalue weighted by Crippen LogP contribution is 2.45. The zero-order valence-corrected chi connectivity index (χ0v) is 17.6. The summed E-state index contributed by atoms with van der Waals surface area (Å²) in [5, 5.41) is 3.83. The first-order valence-electron chi connectivity index (χ1n) is 10.2. The Bertz CT molecular complexity index is 1030. The number of esters is 1. The lowest BCUT2D eigenvalue weighted by Crippen LogP contribution is -2.41. The minimum absolute atomic E-state index is 0.118. The summed E-state index contributed by atoms with van der Waals surface area (Å²) in [6, 6.07) is 17.3. The summed E-state index contributed by atoms with van der Waals surface area (Å²) in [6.45, 7) is 2.13. The molecular weight excluding hydrogens is 398 g/mol. The third-order valence-electron chi connectivity index (χ3n) is 5.74. The SMILES string of the molecule is CC1=C(C(=O)OCCc2ccccc2)C(c2ccccc2Cl)C2C(=O)CCC=C2N1. The van der Waals surface area contributed by atoms with Gasteiger partial charge in [-0.2, -0.15) is 0 Å². The molecule has 1 aliphatic heterocycles. The van der Waals surface area contributed by atoms with E-state index in [-0.39, 0.29) is 12.4 Å². The van der Waals surface area contributed by atoms with Crippen LogP contribution in [0.3, 0.4) is 0 Å². The van der Waals surface area contributed by atoms with Crippen molar-refractivity contribution in [3.05, 3.63) is 93.8 Å². The number of allylic oxidation sites excluding steroid dienone is 3. The predicted molar refractivity (Wildman–Crippen MR) is 117 cm³/mol. The third-order valence-corrected chi connectivity index (χ3v) is 6.09. The molecule has 0 amide bonds. The van der Waals surface area contributed by atoms with E-state index in [9.17, 15) is 9.59 Å². The summed E-state index contributed by atoms with van der Waals surface area (Å²) in [5.74, 6) is -1.19. The molecule has 2 unspecified atom stereocenters. The third kappa shape index (κ3) is 4.05. The summed E-state index contributed by atoms with van der Waals surface area (Å²) >= 11 is 6.51. The lowest BCUT2D eigenvalue weighted by molar-refractivity contribution is -0.139. The van der Waals surface area contributed by atoms with Crippen molar-refractivity contribution in [2.45, 2.75) is 32.1 Å². The minimum Gasteiger partial charge on any atom is -0.462 e. The van der Waals surface area contributed by atoms with Gasteiger partial charge in [-0.05, 0) is 30.5 Å². The molecule has 1 aliphatic carbocycles. The summed E-state index contributed by atoms with van der Waals surface area (Å²) in [4.78, 5) is 26.1. The zero-order valence-electron chi connectivity index (χ0n) is 16.9. The first-order valence-corrected chi connectivity index (χ1v) is 10.6. The number of hydrogen-bond donors (Lipinski definition) is 1. The smallest absolute Gasteiger partial charge is 0.336 e. The second kappa shape index (κ2) is 8.88. The van der Waals surface area contributed by atoms with Crippen molar-refractivity contribution < 1.29 is 14.3 Å². The number of rotatable bonds is 5. The van der Waals surface area contributed by atoms with Crippen LogP contribution in [0.5, 0.6) is 0 Å². The lowest BCUT2D eigenvalue weighted by Gasteiger charge is -2.38. The van der Waals surface area contributed by atoms with Gasteiger partial charge in [0.1, 0.15) is 5.78 Å². The fourth-order valence-corrected chi connectivity index (χ4v) is 4.58. The van der Waals surface area contributed by atoms with Crippen molar-refractivity contribution in [3.8, 4) is 0 Å². The fraction of sp³-hybridized carbons (Fsp3) is 0.280. The Hall–Kier alpha value is -2.85. The Balaban J connectivity index is 1.65. The van der Waals surface area contributed by atoms with Gasteiger partial charge in [0, 0.05) is 35.2 Å². The summed E-state index contributed by atoms with van der Waals surface area (Å²) in [6.07, 6.45) is 3.86. The number of nitrogens with one attached hydrogen (secondary N) is 1. The standard InChI is InChI=1S/C25H24ClNO3/c1-16-22(25(29)30-15-14-17-8-3-2-4-9-17)23(18-10-5-6-11-19(18)26)24-20(27-16)12-7-13-21(24)28/h2-6,8-12,23-24,27H,7,13-15H2,1H3. The summed E-state index contributed by atoms with van der Waals surface area (Å²) in [7, 11) is 0. The summed E-state index contributed by atoms with van der Waals surface area (Å²) in [5.41, 5.74) is 3.93. The van der Waals surface area contributed by atoms with Crippen LogP contribution in [-0.4, -0.2) is 18.4 Å².